The van der Waals surface area contributed by atoms with Crippen LogP contribution < -0.4 is 0 Å². The normalized spacial score (nSPS) is 12.8. The second-order valence-corrected chi connectivity index (χ2v) is 9.39. The Bertz CT molecular complexity index is 1630. The fourth-order valence-corrected chi connectivity index (χ4v) is 4.89. The highest BCUT2D eigenvalue weighted by molar-refractivity contribution is 6.01. The van der Waals surface area contributed by atoms with Crippen molar-refractivity contribution in [3.63, 3.8) is 0 Å². The topological polar surface area (TPSA) is 76.3 Å². The maximum atomic E-state index is 12.3. The number of hydrogen-bond acceptors (Lipinski definition) is 4. The van der Waals surface area contributed by atoms with Gasteiger partial charge >= 0.3 is 0 Å². The summed E-state index contributed by atoms with van der Waals surface area (Å²) < 4.78 is 2.13. The zero-order valence-electron chi connectivity index (χ0n) is 20.8. The summed E-state index contributed by atoms with van der Waals surface area (Å²) in [6, 6.07) is 21.9. The van der Waals surface area contributed by atoms with Crippen molar-refractivity contribution >= 4 is 23.1 Å². The van der Waals surface area contributed by atoms with Crippen LogP contribution in [0.3, 0.4) is 0 Å². The molecule has 37 heavy (non-hydrogen) atoms. The molecule has 1 aliphatic heterocycles. The van der Waals surface area contributed by atoms with Crippen LogP contribution in [-0.4, -0.2) is 51.0 Å². The number of carbonyl (C=O) groups is 1. The first-order valence-corrected chi connectivity index (χ1v) is 12.3. The van der Waals surface area contributed by atoms with Gasteiger partial charge in [-0.05, 0) is 65.9 Å². The van der Waals surface area contributed by atoms with E-state index in [1.54, 1.807) is 4.90 Å². The van der Waals surface area contributed by atoms with Crippen LogP contribution in [0.4, 0.5) is 0 Å². The van der Waals surface area contributed by atoms with Crippen LogP contribution in [0.1, 0.15) is 22.5 Å². The predicted molar refractivity (Wildman–Crippen MR) is 146 cm³/mol. The van der Waals surface area contributed by atoms with E-state index in [1.165, 1.54) is 12.0 Å². The highest BCUT2D eigenvalue weighted by Crippen LogP contribution is 2.40. The fraction of sp³-hybridized carbons (Fsp3) is 0.167. The Morgan fingerprint density at radius 3 is 2.59 bits per heavy atom. The van der Waals surface area contributed by atoms with Gasteiger partial charge in [0, 0.05) is 55.2 Å². The SMILES string of the molecule is CN(C)C=NC(=O)c1ccc(-c2ccc3c(-c4c(-c5ccccn5)nn5c4CCC5)ccnc3c2)cc1. The number of nitrogens with zero attached hydrogens (tertiary/aromatic N) is 6. The maximum Gasteiger partial charge on any atom is 0.278 e. The molecule has 0 spiro atoms. The minimum Gasteiger partial charge on any atom is -0.369 e. The van der Waals surface area contributed by atoms with Crippen LogP contribution >= 0.6 is 0 Å². The minimum absolute atomic E-state index is 0.262. The Hall–Kier alpha value is -4.65. The Kier molecular flexibility index (Phi) is 5.81. The summed E-state index contributed by atoms with van der Waals surface area (Å²) in [5.41, 5.74) is 8.86. The lowest BCUT2D eigenvalue weighted by molar-refractivity contribution is 0.100. The quantitative estimate of drug-likeness (QED) is 0.242. The molecule has 6 rings (SSSR count). The van der Waals surface area contributed by atoms with Gasteiger partial charge in [-0.1, -0.05) is 30.3 Å². The minimum atomic E-state index is -0.262. The first kappa shape index (κ1) is 22.8. The molecular formula is C30H26N6O. The summed E-state index contributed by atoms with van der Waals surface area (Å²) in [6.45, 7) is 0.932. The van der Waals surface area contributed by atoms with Gasteiger partial charge in [0.15, 0.2) is 0 Å². The van der Waals surface area contributed by atoms with Gasteiger partial charge in [0.2, 0.25) is 0 Å². The highest BCUT2D eigenvalue weighted by Gasteiger charge is 2.25. The van der Waals surface area contributed by atoms with Crippen molar-refractivity contribution in [2.75, 3.05) is 14.1 Å². The molecule has 7 nitrogen and oxygen atoms in total. The van der Waals surface area contributed by atoms with Crippen molar-refractivity contribution < 1.29 is 4.79 Å². The van der Waals surface area contributed by atoms with E-state index < -0.39 is 0 Å². The maximum absolute atomic E-state index is 12.3. The molecule has 2 aromatic carbocycles. The summed E-state index contributed by atoms with van der Waals surface area (Å²) in [5.74, 6) is -0.262. The molecule has 0 aliphatic carbocycles. The summed E-state index contributed by atoms with van der Waals surface area (Å²) in [5, 5.41) is 6.03. The number of rotatable bonds is 5. The van der Waals surface area contributed by atoms with Crippen molar-refractivity contribution in [2.24, 2.45) is 4.99 Å². The average molecular weight is 487 g/mol. The van der Waals surface area contributed by atoms with E-state index in [4.69, 9.17) is 10.1 Å². The molecule has 3 aromatic heterocycles. The summed E-state index contributed by atoms with van der Waals surface area (Å²) in [6.07, 6.45) is 7.30. The lowest BCUT2D eigenvalue weighted by Crippen LogP contribution is -2.09. The lowest BCUT2D eigenvalue weighted by Gasteiger charge is -2.10. The van der Waals surface area contributed by atoms with Gasteiger partial charge in [0.25, 0.3) is 5.91 Å². The van der Waals surface area contributed by atoms with E-state index >= 15 is 0 Å². The van der Waals surface area contributed by atoms with E-state index in [0.717, 1.165) is 63.9 Å². The van der Waals surface area contributed by atoms with Gasteiger partial charge in [-0.2, -0.15) is 10.1 Å². The molecular weight excluding hydrogens is 460 g/mol. The number of fused-ring (bicyclic) bond motifs is 2. The number of hydrogen-bond donors (Lipinski definition) is 0. The van der Waals surface area contributed by atoms with Crippen molar-refractivity contribution in [3.05, 3.63) is 90.4 Å². The van der Waals surface area contributed by atoms with Crippen LogP contribution in [0.5, 0.6) is 0 Å². The van der Waals surface area contributed by atoms with Crippen LogP contribution in [0.2, 0.25) is 0 Å². The van der Waals surface area contributed by atoms with Gasteiger partial charge in [-0.15, -0.1) is 0 Å². The number of amides is 1. The second-order valence-electron chi connectivity index (χ2n) is 9.39. The molecule has 0 saturated carbocycles. The number of benzene rings is 2. The van der Waals surface area contributed by atoms with Crippen LogP contribution in [-0.2, 0) is 13.0 Å². The number of aliphatic imine (C=N–C) groups is 1. The standard InChI is InChI=1S/C30H26N6O/c1-35(2)19-33-30(37)21-10-8-20(9-11-21)22-12-13-23-24(14-16-32-26(23)18-22)28-27-7-5-17-36(27)34-29(28)25-6-3-4-15-31-25/h3-4,6,8-16,18-19H,5,7,17H2,1-2H3. The molecule has 0 saturated heterocycles. The third-order valence-corrected chi connectivity index (χ3v) is 6.63. The number of aromatic nitrogens is 4. The van der Waals surface area contributed by atoms with E-state index in [1.807, 2.05) is 69.0 Å². The third kappa shape index (κ3) is 4.29. The molecule has 1 aliphatic rings. The number of carbonyl (C=O) groups excluding carboxylic acids is 1. The van der Waals surface area contributed by atoms with E-state index in [0.29, 0.717) is 5.56 Å². The summed E-state index contributed by atoms with van der Waals surface area (Å²) in [7, 11) is 3.66. The van der Waals surface area contributed by atoms with Crippen molar-refractivity contribution in [1.29, 1.82) is 0 Å². The lowest BCUT2D eigenvalue weighted by atomic mass is 9.95. The third-order valence-electron chi connectivity index (χ3n) is 6.63. The molecule has 0 bridgehead atoms. The molecule has 0 atom stereocenters. The molecule has 1 amide bonds. The Morgan fingerprint density at radius 2 is 1.81 bits per heavy atom. The van der Waals surface area contributed by atoms with Crippen LogP contribution in [0.15, 0.2) is 84.1 Å². The fourth-order valence-electron chi connectivity index (χ4n) is 4.89. The number of aryl methyl sites for hydroxylation is 1. The van der Waals surface area contributed by atoms with Gasteiger partial charge < -0.3 is 4.90 Å². The first-order chi connectivity index (χ1) is 18.1. The molecule has 5 aromatic rings. The average Bonchev–Trinajstić information content (AvgIpc) is 3.53. The monoisotopic (exact) mass is 486 g/mol. The zero-order chi connectivity index (χ0) is 25.4. The summed E-state index contributed by atoms with van der Waals surface area (Å²) in [4.78, 5) is 27.3. The molecule has 182 valence electrons. The molecule has 0 fully saturated rings. The molecule has 0 N–H and O–H groups in total. The predicted octanol–water partition coefficient (Wildman–Crippen LogP) is 5.50. The van der Waals surface area contributed by atoms with Gasteiger partial charge in [0.05, 0.1) is 17.5 Å². The summed E-state index contributed by atoms with van der Waals surface area (Å²) >= 11 is 0. The zero-order valence-corrected chi connectivity index (χ0v) is 20.8. The van der Waals surface area contributed by atoms with E-state index in [9.17, 15) is 4.79 Å². The van der Waals surface area contributed by atoms with Crippen molar-refractivity contribution in [1.82, 2.24) is 24.6 Å². The first-order valence-electron chi connectivity index (χ1n) is 12.3. The van der Waals surface area contributed by atoms with Crippen LogP contribution in [0.25, 0.3) is 44.5 Å². The van der Waals surface area contributed by atoms with Crippen molar-refractivity contribution in [2.45, 2.75) is 19.4 Å². The van der Waals surface area contributed by atoms with Crippen molar-refractivity contribution in [3.8, 4) is 33.6 Å². The second kappa shape index (κ2) is 9.43. The van der Waals surface area contributed by atoms with Gasteiger partial charge in [-0.3, -0.25) is 19.4 Å². The highest BCUT2D eigenvalue weighted by atomic mass is 16.1. The van der Waals surface area contributed by atoms with Gasteiger partial charge in [0.1, 0.15) is 5.69 Å². The molecule has 0 radical (unpaired) electrons. The molecule has 0 unspecified atom stereocenters. The van der Waals surface area contributed by atoms with Crippen LogP contribution in [0, 0.1) is 0 Å². The Balaban J connectivity index is 1.40. The smallest absolute Gasteiger partial charge is 0.278 e. The Morgan fingerprint density at radius 1 is 0.973 bits per heavy atom. The van der Waals surface area contributed by atoms with E-state index in [2.05, 4.69) is 38.9 Å². The molecule has 7 heteroatoms. The van der Waals surface area contributed by atoms with E-state index in [-0.39, 0.29) is 5.91 Å². The molecule has 4 heterocycles. The van der Waals surface area contributed by atoms with Gasteiger partial charge in [-0.25, -0.2) is 0 Å². The largest absolute Gasteiger partial charge is 0.369 e. The Labute approximate surface area is 215 Å². The number of pyridine rings is 2.